The summed E-state index contributed by atoms with van der Waals surface area (Å²) in [5.74, 6) is 0.0344. The standard InChI is InChI=1S/C14H14ClNO2S/c1-8(2)9-4-6-10(7-5-9)13-16-12(15)11(19-13)14(17)18-3/h4-8H,1-3H3. The van der Waals surface area contributed by atoms with Crippen LogP contribution in [-0.4, -0.2) is 18.1 Å². The van der Waals surface area contributed by atoms with E-state index in [1.165, 1.54) is 24.0 Å². The van der Waals surface area contributed by atoms with Crippen molar-refractivity contribution in [2.24, 2.45) is 0 Å². The Morgan fingerprint density at radius 3 is 2.47 bits per heavy atom. The molecule has 0 saturated carbocycles. The Morgan fingerprint density at radius 1 is 1.32 bits per heavy atom. The molecule has 0 atom stereocenters. The van der Waals surface area contributed by atoms with Crippen molar-refractivity contribution in [3.8, 4) is 10.6 Å². The summed E-state index contributed by atoms with van der Waals surface area (Å²) in [6, 6.07) is 8.11. The predicted molar refractivity (Wildman–Crippen MR) is 78.0 cm³/mol. The fraction of sp³-hybridized carbons (Fsp3) is 0.286. The highest BCUT2D eigenvalue weighted by molar-refractivity contribution is 7.17. The molecule has 1 aromatic heterocycles. The maximum Gasteiger partial charge on any atom is 0.351 e. The number of hydrogen-bond acceptors (Lipinski definition) is 4. The summed E-state index contributed by atoms with van der Waals surface area (Å²) in [6.45, 7) is 4.29. The number of ether oxygens (including phenoxy) is 1. The molecule has 0 aliphatic rings. The number of benzene rings is 1. The van der Waals surface area contributed by atoms with Gasteiger partial charge in [0.1, 0.15) is 5.01 Å². The number of carbonyl (C=O) groups excluding carboxylic acids is 1. The molecule has 0 aliphatic heterocycles. The van der Waals surface area contributed by atoms with Gasteiger partial charge in [-0.25, -0.2) is 9.78 Å². The van der Waals surface area contributed by atoms with Crippen LogP contribution in [0.3, 0.4) is 0 Å². The number of esters is 1. The number of nitrogens with zero attached hydrogens (tertiary/aromatic N) is 1. The first-order valence-electron chi connectivity index (χ1n) is 5.88. The van der Waals surface area contributed by atoms with E-state index >= 15 is 0 Å². The van der Waals surface area contributed by atoms with E-state index in [2.05, 4.69) is 35.7 Å². The molecular weight excluding hydrogens is 282 g/mol. The summed E-state index contributed by atoms with van der Waals surface area (Å²) in [4.78, 5) is 16.0. The van der Waals surface area contributed by atoms with Gasteiger partial charge in [-0.1, -0.05) is 49.7 Å². The zero-order chi connectivity index (χ0) is 14.0. The van der Waals surface area contributed by atoms with Crippen molar-refractivity contribution in [2.75, 3.05) is 7.11 Å². The molecule has 1 heterocycles. The highest BCUT2D eigenvalue weighted by atomic mass is 35.5. The molecule has 2 aromatic rings. The molecule has 0 radical (unpaired) electrons. The molecule has 0 fully saturated rings. The molecule has 3 nitrogen and oxygen atoms in total. The Morgan fingerprint density at radius 2 is 1.95 bits per heavy atom. The van der Waals surface area contributed by atoms with Gasteiger partial charge in [0.05, 0.1) is 7.11 Å². The number of hydrogen-bond donors (Lipinski definition) is 0. The molecule has 0 unspecified atom stereocenters. The second-order valence-electron chi connectivity index (χ2n) is 4.41. The zero-order valence-corrected chi connectivity index (χ0v) is 12.5. The second-order valence-corrected chi connectivity index (χ2v) is 5.76. The van der Waals surface area contributed by atoms with Gasteiger partial charge in [-0.3, -0.25) is 0 Å². The fourth-order valence-electron chi connectivity index (χ4n) is 1.65. The van der Waals surface area contributed by atoms with Crippen LogP contribution in [0.15, 0.2) is 24.3 Å². The van der Waals surface area contributed by atoms with Gasteiger partial charge in [-0.15, -0.1) is 11.3 Å². The lowest BCUT2D eigenvalue weighted by Crippen LogP contribution is -1.98. The van der Waals surface area contributed by atoms with Crippen LogP contribution < -0.4 is 0 Å². The SMILES string of the molecule is COC(=O)c1sc(-c2ccc(C(C)C)cc2)nc1Cl. The van der Waals surface area contributed by atoms with Crippen LogP contribution in [-0.2, 0) is 4.74 Å². The Bertz CT molecular complexity index is 590. The van der Waals surface area contributed by atoms with Gasteiger partial charge in [0.25, 0.3) is 0 Å². The lowest BCUT2D eigenvalue weighted by molar-refractivity contribution is 0.0606. The van der Waals surface area contributed by atoms with Gasteiger partial charge in [-0.2, -0.15) is 0 Å². The molecule has 0 bridgehead atoms. The molecule has 1 aromatic carbocycles. The van der Waals surface area contributed by atoms with E-state index in [-0.39, 0.29) is 5.15 Å². The van der Waals surface area contributed by atoms with Gasteiger partial charge < -0.3 is 4.74 Å². The van der Waals surface area contributed by atoms with E-state index in [0.717, 1.165) is 10.6 Å². The van der Waals surface area contributed by atoms with Crippen LogP contribution in [0, 0.1) is 0 Å². The molecule has 100 valence electrons. The minimum atomic E-state index is -0.451. The number of halogens is 1. The molecule has 0 saturated heterocycles. The van der Waals surface area contributed by atoms with E-state index in [0.29, 0.717) is 10.8 Å². The summed E-state index contributed by atoms with van der Waals surface area (Å²) in [5.41, 5.74) is 2.21. The molecule has 0 N–H and O–H groups in total. The average molecular weight is 296 g/mol. The minimum absolute atomic E-state index is 0.194. The van der Waals surface area contributed by atoms with Crippen molar-refractivity contribution in [3.05, 3.63) is 39.9 Å². The van der Waals surface area contributed by atoms with Crippen molar-refractivity contribution in [3.63, 3.8) is 0 Å². The van der Waals surface area contributed by atoms with Crippen molar-refractivity contribution in [1.82, 2.24) is 4.98 Å². The number of aromatic nitrogens is 1. The third-order valence-corrected chi connectivity index (χ3v) is 4.25. The van der Waals surface area contributed by atoms with E-state index in [1.807, 2.05) is 12.1 Å². The Hall–Kier alpha value is -1.39. The highest BCUT2D eigenvalue weighted by Crippen LogP contribution is 2.32. The third kappa shape index (κ3) is 2.96. The molecule has 0 spiro atoms. The Labute approximate surface area is 121 Å². The number of methoxy groups -OCH3 is 1. The van der Waals surface area contributed by atoms with Crippen LogP contribution in [0.25, 0.3) is 10.6 Å². The highest BCUT2D eigenvalue weighted by Gasteiger charge is 2.18. The maximum absolute atomic E-state index is 11.5. The summed E-state index contributed by atoms with van der Waals surface area (Å²) < 4.78 is 4.66. The van der Waals surface area contributed by atoms with Gasteiger partial charge in [0.2, 0.25) is 0 Å². The fourth-order valence-corrected chi connectivity index (χ4v) is 2.86. The Balaban J connectivity index is 2.34. The summed E-state index contributed by atoms with van der Waals surface area (Å²) in [6.07, 6.45) is 0. The van der Waals surface area contributed by atoms with E-state index < -0.39 is 5.97 Å². The number of carbonyl (C=O) groups is 1. The summed E-state index contributed by atoms with van der Waals surface area (Å²) in [7, 11) is 1.33. The topological polar surface area (TPSA) is 39.2 Å². The average Bonchev–Trinajstić information content (AvgIpc) is 2.80. The van der Waals surface area contributed by atoms with Crippen LogP contribution in [0.5, 0.6) is 0 Å². The van der Waals surface area contributed by atoms with Crippen molar-refractivity contribution in [2.45, 2.75) is 19.8 Å². The molecular formula is C14H14ClNO2S. The van der Waals surface area contributed by atoms with Crippen molar-refractivity contribution < 1.29 is 9.53 Å². The summed E-state index contributed by atoms with van der Waals surface area (Å²) in [5, 5.41) is 0.917. The van der Waals surface area contributed by atoms with Gasteiger partial charge >= 0.3 is 5.97 Å². The number of rotatable bonds is 3. The van der Waals surface area contributed by atoms with Crippen molar-refractivity contribution >= 4 is 28.9 Å². The van der Waals surface area contributed by atoms with Crippen LogP contribution in [0.2, 0.25) is 5.15 Å². The smallest absolute Gasteiger partial charge is 0.351 e. The van der Waals surface area contributed by atoms with E-state index in [4.69, 9.17) is 11.6 Å². The first-order valence-corrected chi connectivity index (χ1v) is 7.07. The van der Waals surface area contributed by atoms with Gasteiger partial charge in [-0.05, 0) is 11.5 Å². The van der Waals surface area contributed by atoms with E-state index in [1.54, 1.807) is 0 Å². The normalized spacial score (nSPS) is 10.8. The lowest BCUT2D eigenvalue weighted by Gasteiger charge is -2.05. The predicted octanol–water partition coefficient (Wildman–Crippen LogP) is 4.37. The molecule has 19 heavy (non-hydrogen) atoms. The van der Waals surface area contributed by atoms with Crippen LogP contribution in [0.4, 0.5) is 0 Å². The van der Waals surface area contributed by atoms with Gasteiger partial charge in [0, 0.05) is 5.56 Å². The largest absolute Gasteiger partial charge is 0.465 e. The second kappa shape index (κ2) is 5.72. The zero-order valence-electron chi connectivity index (χ0n) is 10.9. The van der Waals surface area contributed by atoms with Crippen LogP contribution in [0.1, 0.15) is 35.0 Å². The molecule has 0 amide bonds. The van der Waals surface area contributed by atoms with E-state index in [9.17, 15) is 4.79 Å². The van der Waals surface area contributed by atoms with Crippen molar-refractivity contribution in [1.29, 1.82) is 0 Å². The van der Waals surface area contributed by atoms with Gasteiger partial charge in [0.15, 0.2) is 10.0 Å². The molecule has 0 aliphatic carbocycles. The molecule has 5 heteroatoms. The lowest BCUT2D eigenvalue weighted by atomic mass is 10.0. The summed E-state index contributed by atoms with van der Waals surface area (Å²) >= 11 is 7.19. The quantitative estimate of drug-likeness (QED) is 0.789. The molecule has 2 rings (SSSR count). The maximum atomic E-state index is 11.5. The van der Waals surface area contributed by atoms with Crippen LogP contribution >= 0.6 is 22.9 Å². The minimum Gasteiger partial charge on any atom is -0.465 e. The third-order valence-electron chi connectivity index (χ3n) is 2.78. The Kier molecular flexibility index (Phi) is 4.22. The first-order chi connectivity index (χ1) is 9.02. The first kappa shape index (κ1) is 14.0. The number of thiazole rings is 1. The monoisotopic (exact) mass is 295 g/mol.